The van der Waals surface area contributed by atoms with Gasteiger partial charge >= 0.3 is 12.1 Å². The smallest absolute Gasteiger partial charge is 0.408 e. The Kier molecular flexibility index (Phi) is 7.86. The minimum absolute atomic E-state index is 0.206. The summed E-state index contributed by atoms with van der Waals surface area (Å²) in [5, 5.41) is 11.3. The van der Waals surface area contributed by atoms with Crippen molar-refractivity contribution in [3.05, 3.63) is 35.4 Å². The first kappa shape index (κ1) is 22.5. The largest absolute Gasteiger partial charge is 0.458 e. The lowest BCUT2D eigenvalue weighted by atomic mass is 10.0. The van der Waals surface area contributed by atoms with Crippen molar-refractivity contribution in [1.82, 2.24) is 5.32 Å². The SMILES string of the molecule is CC(C)(C)OC(=O)NC(Cc1ccc(C#CCO)cc1)C(=O)OC(C)(C)C. The fraction of sp³-hybridized carbons (Fsp3) is 0.524. The zero-order chi connectivity index (χ0) is 20.7. The van der Waals surface area contributed by atoms with Gasteiger partial charge in [-0.1, -0.05) is 24.0 Å². The van der Waals surface area contributed by atoms with Gasteiger partial charge in [0.25, 0.3) is 0 Å². The fourth-order valence-electron chi connectivity index (χ4n) is 2.12. The Labute approximate surface area is 161 Å². The van der Waals surface area contributed by atoms with Crippen molar-refractivity contribution in [2.75, 3.05) is 6.61 Å². The van der Waals surface area contributed by atoms with Crippen molar-refractivity contribution in [2.24, 2.45) is 0 Å². The molecule has 0 heterocycles. The van der Waals surface area contributed by atoms with Gasteiger partial charge in [-0.3, -0.25) is 0 Å². The molecule has 0 radical (unpaired) electrons. The van der Waals surface area contributed by atoms with Crippen molar-refractivity contribution in [3.8, 4) is 11.8 Å². The van der Waals surface area contributed by atoms with Crippen LogP contribution in [-0.4, -0.2) is 41.0 Å². The van der Waals surface area contributed by atoms with Crippen LogP contribution in [0.25, 0.3) is 0 Å². The van der Waals surface area contributed by atoms with E-state index in [1.54, 1.807) is 53.7 Å². The van der Waals surface area contributed by atoms with E-state index >= 15 is 0 Å². The maximum absolute atomic E-state index is 12.5. The average molecular weight is 375 g/mol. The Bertz CT molecular complexity index is 699. The molecule has 0 fully saturated rings. The van der Waals surface area contributed by atoms with E-state index in [9.17, 15) is 9.59 Å². The van der Waals surface area contributed by atoms with E-state index in [2.05, 4.69) is 17.2 Å². The number of amides is 1. The van der Waals surface area contributed by atoms with E-state index in [1.807, 2.05) is 12.1 Å². The standard InChI is InChI=1S/C21H29NO5/c1-20(2,3)26-18(24)17(22-19(25)27-21(4,5)6)14-16-11-9-15(10-12-16)8-7-13-23/h9-12,17,23H,13-14H2,1-6H3,(H,22,25). The van der Waals surface area contributed by atoms with Crippen LogP contribution in [0.15, 0.2) is 24.3 Å². The second-order valence-electron chi connectivity index (χ2n) is 8.09. The minimum atomic E-state index is -0.881. The van der Waals surface area contributed by atoms with Crippen LogP contribution in [-0.2, 0) is 20.7 Å². The number of nitrogens with one attached hydrogen (secondary N) is 1. The number of carbonyl (C=O) groups is 2. The Morgan fingerprint density at radius 1 is 1.04 bits per heavy atom. The Hall–Kier alpha value is -2.52. The van der Waals surface area contributed by atoms with Crippen molar-refractivity contribution in [2.45, 2.75) is 65.2 Å². The number of esters is 1. The second kappa shape index (κ2) is 9.43. The van der Waals surface area contributed by atoms with Crippen LogP contribution >= 0.6 is 0 Å². The number of carbonyl (C=O) groups excluding carboxylic acids is 2. The molecule has 0 aliphatic heterocycles. The molecule has 1 atom stereocenters. The van der Waals surface area contributed by atoms with Crippen LogP contribution in [0.2, 0.25) is 0 Å². The number of benzene rings is 1. The number of hydrogen-bond acceptors (Lipinski definition) is 5. The normalized spacial score (nSPS) is 12.4. The van der Waals surface area contributed by atoms with Crippen molar-refractivity contribution >= 4 is 12.1 Å². The van der Waals surface area contributed by atoms with Crippen LogP contribution in [0.3, 0.4) is 0 Å². The lowest BCUT2D eigenvalue weighted by Gasteiger charge is -2.26. The van der Waals surface area contributed by atoms with Crippen LogP contribution in [0.1, 0.15) is 52.7 Å². The first-order valence-corrected chi connectivity index (χ1v) is 8.81. The summed E-state index contributed by atoms with van der Waals surface area (Å²) in [6.07, 6.45) is -0.425. The van der Waals surface area contributed by atoms with Gasteiger partial charge < -0.3 is 19.9 Å². The number of aliphatic hydroxyl groups is 1. The van der Waals surface area contributed by atoms with Crippen LogP contribution in [0.4, 0.5) is 4.79 Å². The summed E-state index contributed by atoms with van der Waals surface area (Å²) >= 11 is 0. The van der Waals surface area contributed by atoms with Gasteiger partial charge in [0.1, 0.15) is 23.9 Å². The fourth-order valence-corrected chi connectivity index (χ4v) is 2.12. The third kappa shape index (κ3) is 9.66. The summed E-state index contributed by atoms with van der Waals surface area (Å²) in [7, 11) is 0. The van der Waals surface area contributed by atoms with Gasteiger partial charge in [0.05, 0.1) is 0 Å². The van der Waals surface area contributed by atoms with Gasteiger partial charge in [0.15, 0.2) is 0 Å². The zero-order valence-corrected chi connectivity index (χ0v) is 16.9. The molecule has 0 aliphatic rings. The number of aliphatic hydroxyl groups excluding tert-OH is 1. The number of hydrogen-bond donors (Lipinski definition) is 2. The molecule has 0 aromatic heterocycles. The van der Waals surface area contributed by atoms with Crippen molar-refractivity contribution in [1.29, 1.82) is 0 Å². The average Bonchev–Trinajstić information content (AvgIpc) is 2.50. The van der Waals surface area contributed by atoms with Crippen molar-refractivity contribution in [3.63, 3.8) is 0 Å². The predicted octanol–water partition coefficient (Wildman–Crippen LogP) is 2.81. The van der Waals surface area contributed by atoms with E-state index in [1.165, 1.54) is 0 Å². The summed E-state index contributed by atoms with van der Waals surface area (Å²) in [5.74, 6) is 4.85. The maximum Gasteiger partial charge on any atom is 0.408 e. The number of rotatable bonds is 4. The van der Waals surface area contributed by atoms with Crippen LogP contribution < -0.4 is 5.32 Å². The number of alkyl carbamates (subject to hydrolysis) is 1. The molecule has 1 rings (SSSR count). The van der Waals surface area contributed by atoms with Crippen LogP contribution in [0.5, 0.6) is 0 Å². The summed E-state index contributed by atoms with van der Waals surface area (Å²) in [5.41, 5.74) is 0.239. The summed E-state index contributed by atoms with van der Waals surface area (Å²) in [6, 6.07) is 6.33. The second-order valence-corrected chi connectivity index (χ2v) is 8.09. The van der Waals surface area contributed by atoms with E-state index < -0.39 is 29.3 Å². The Morgan fingerprint density at radius 2 is 1.59 bits per heavy atom. The predicted molar refractivity (Wildman–Crippen MR) is 103 cm³/mol. The van der Waals surface area contributed by atoms with Gasteiger partial charge in [0.2, 0.25) is 0 Å². The Morgan fingerprint density at radius 3 is 2.07 bits per heavy atom. The Balaban J connectivity index is 2.93. The molecule has 1 amide bonds. The van der Waals surface area contributed by atoms with Gasteiger partial charge in [-0.25, -0.2) is 9.59 Å². The quantitative estimate of drug-likeness (QED) is 0.624. The lowest BCUT2D eigenvalue weighted by molar-refractivity contribution is -0.157. The summed E-state index contributed by atoms with van der Waals surface area (Å²) in [4.78, 5) is 24.6. The van der Waals surface area contributed by atoms with Gasteiger partial charge in [-0.2, -0.15) is 0 Å². The third-order valence-corrected chi connectivity index (χ3v) is 3.09. The van der Waals surface area contributed by atoms with E-state index in [-0.39, 0.29) is 13.0 Å². The molecule has 0 bridgehead atoms. The first-order chi connectivity index (χ1) is 12.4. The highest BCUT2D eigenvalue weighted by Crippen LogP contribution is 2.13. The highest BCUT2D eigenvalue weighted by Gasteiger charge is 2.28. The van der Waals surface area contributed by atoms with E-state index in [0.29, 0.717) is 0 Å². The zero-order valence-electron chi connectivity index (χ0n) is 16.9. The van der Waals surface area contributed by atoms with Gasteiger partial charge in [0, 0.05) is 12.0 Å². The monoisotopic (exact) mass is 375 g/mol. The van der Waals surface area contributed by atoms with Crippen molar-refractivity contribution < 1.29 is 24.2 Å². The molecule has 0 saturated heterocycles. The summed E-state index contributed by atoms with van der Waals surface area (Å²) < 4.78 is 10.7. The van der Waals surface area contributed by atoms with Gasteiger partial charge in [-0.05, 0) is 59.2 Å². The highest BCUT2D eigenvalue weighted by molar-refractivity contribution is 5.82. The molecule has 1 unspecified atom stereocenters. The molecule has 1 aromatic carbocycles. The molecule has 0 aliphatic carbocycles. The molecule has 148 valence electrons. The molecule has 0 spiro atoms. The molecule has 0 saturated carbocycles. The topological polar surface area (TPSA) is 84.9 Å². The third-order valence-electron chi connectivity index (χ3n) is 3.09. The molecular formula is C21H29NO5. The minimum Gasteiger partial charge on any atom is -0.458 e. The lowest BCUT2D eigenvalue weighted by Crippen LogP contribution is -2.47. The van der Waals surface area contributed by atoms with E-state index in [0.717, 1.165) is 11.1 Å². The molecule has 27 heavy (non-hydrogen) atoms. The summed E-state index contributed by atoms with van der Waals surface area (Å²) in [6.45, 7) is 10.4. The highest BCUT2D eigenvalue weighted by atomic mass is 16.6. The molecular weight excluding hydrogens is 346 g/mol. The molecule has 6 nitrogen and oxygen atoms in total. The first-order valence-electron chi connectivity index (χ1n) is 8.81. The van der Waals surface area contributed by atoms with Gasteiger partial charge in [-0.15, -0.1) is 0 Å². The molecule has 6 heteroatoms. The number of ether oxygens (including phenoxy) is 2. The maximum atomic E-state index is 12.5. The molecule has 2 N–H and O–H groups in total. The molecule has 1 aromatic rings. The van der Waals surface area contributed by atoms with Crippen LogP contribution in [0, 0.1) is 11.8 Å². The van der Waals surface area contributed by atoms with E-state index in [4.69, 9.17) is 14.6 Å².